The van der Waals surface area contributed by atoms with Crippen LogP contribution >= 0.6 is 0 Å². The lowest BCUT2D eigenvalue weighted by Gasteiger charge is -2.40. The van der Waals surface area contributed by atoms with Crippen molar-refractivity contribution in [3.63, 3.8) is 0 Å². The Balaban J connectivity index is 1.21. The maximum Gasteiger partial charge on any atom is 0.404 e. The predicted molar refractivity (Wildman–Crippen MR) is 126 cm³/mol. The smallest absolute Gasteiger partial charge is 0.352 e. The van der Waals surface area contributed by atoms with Crippen molar-refractivity contribution in [2.75, 3.05) is 13.6 Å². The summed E-state index contributed by atoms with van der Waals surface area (Å²) in [5.74, 6) is -1.22. The quantitative estimate of drug-likeness (QED) is 0.600. The van der Waals surface area contributed by atoms with Crippen LogP contribution in [0.3, 0.4) is 0 Å². The van der Waals surface area contributed by atoms with Gasteiger partial charge in [-0.3, -0.25) is 24.6 Å². The number of H-pyrrole nitrogens is 1. The lowest BCUT2D eigenvalue weighted by Crippen LogP contribution is -2.56. The third-order valence-corrected chi connectivity index (χ3v) is 7.97. The highest BCUT2D eigenvalue weighted by Gasteiger charge is 2.47. The highest BCUT2D eigenvalue weighted by molar-refractivity contribution is 5.94. The molecule has 5 atom stereocenters. The zero-order chi connectivity index (χ0) is 26.5. The van der Waals surface area contributed by atoms with Gasteiger partial charge in [-0.1, -0.05) is 0 Å². The molecule has 200 valence electrons. The molecule has 37 heavy (non-hydrogen) atoms. The maximum atomic E-state index is 14.2. The monoisotopic (exact) mass is 522 g/mol. The molecule has 2 N–H and O–H groups in total. The molecule has 3 fully saturated rings. The largest absolute Gasteiger partial charge is 0.404 e. The van der Waals surface area contributed by atoms with E-state index in [1.165, 1.54) is 18.0 Å². The summed E-state index contributed by atoms with van der Waals surface area (Å²) >= 11 is 0. The van der Waals surface area contributed by atoms with Gasteiger partial charge < -0.3 is 10.2 Å². The number of fused-ring (bicyclic) bond motifs is 2. The number of aromatic amines is 1. The first-order chi connectivity index (χ1) is 17.5. The average molecular weight is 523 g/mol. The van der Waals surface area contributed by atoms with E-state index in [0.29, 0.717) is 24.2 Å². The molecule has 3 saturated heterocycles. The Morgan fingerprint density at radius 3 is 2.46 bits per heavy atom. The minimum absolute atomic E-state index is 0.0439. The number of likely N-dealkylation sites (N-methyl/N-ethyl adjacent to an activating group) is 1. The number of halogens is 4. The molecule has 2 aromatic rings. The van der Waals surface area contributed by atoms with Crippen LogP contribution in [-0.2, 0) is 4.79 Å². The van der Waals surface area contributed by atoms with Crippen molar-refractivity contribution < 1.29 is 27.2 Å². The molecule has 0 saturated carbocycles. The Kier molecular flexibility index (Phi) is 6.71. The minimum Gasteiger partial charge on any atom is -0.352 e. The molecule has 12 heteroatoms. The Hall–Kier alpha value is -3.02. The molecule has 0 aromatic carbocycles. The topological polar surface area (TPSA) is 94.2 Å². The summed E-state index contributed by atoms with van der Waals surface area (Å²) in [5, 5.41) is 9.83. The van der Waals surface area contributed by atoms with Crippen molar-refractivity contribution in [1.82, 2.24) is 30.3 Å². The minimum atomic E-state index is -4.28. The maximum absolute atomic E-state index is 14.2. The fourth-order valence-electron chi connectivity index (χ4n) is 6.17. The van der Waals surface area contributed by atoms with Gasteiger partial charge in [-0.25, -0.2) is 4.39 Å². The van der Waals surface area contributed by atoms with Crippen LogP contribution in [0, 0.1) is 18.7 Å². The summed E-state index contributed by atoms with van der Waals surface area (Å²) in [6, 6.07) is 1.07. The zero-order valence-corrected chi connectivity index (χ0v) is 20.7. The normalized spacial score (nSPS) is 28.4. The molecule has 2 amide bonds. The van der Waals surface area contributed by atoms with Crippen LogP contribution in [0.5, 0.6) is 0 Å². The Morgan fingerprint density at radius 2 is 1.81 bits per heavy atom. The second kappa shape index (κ2) is 9.70. The van der Waals surface area contributed by atoms with E-state index in [2.05, 4.69) is 20.5 Å². The Morgan fingerprint density at radius 1 is 1.11 bits per heavy atom. The van der Waals surface area contributed by atoms with Gasteiger partial charge in [0.15, 0.2) is 11.5 Å². The second-order valence-electron chi connectivity index (χ2n) is 10.5. The second-order valence-corrected chi connectivity index (χ2v) is 10.5. The molecule has 3 aliphatic heterocycles. The van der Waals surface area contributed by atoms with Crippen LogP contribution in [0.4, 0.5) is 17.6 Å². The van der Waals surface area contributed by atoms with E-state index < -0.39 is 18.0 Å². The van der Waals surface area contributed by atoms with Crippen molar-refractivity contribution in [1.29, 1.82) is 0 Å². The summed E-state index contributed by atoms with van der Waals surface area (Å²) in [7, 11) is 1.44. The number of nitrogens with zero attached hydrogens (tertiary/aromatic N) is 4. The van der Waals surface area contributed by atoms with E-state index in [0.717, 1.165) is 19.0 Å². The predicted octanol–water partition coefficient (Wildman–Crippen LogP) is 3.44. The van der Waals surface area contributed by atoms with Gasteiger partial charge in [0, 0.05) is 41.8 Å². The lowest BCUT2D eigenvalue weighted by atomic mass is 9.89. The molecule has 0 aliphatic carbocycles. The number of nitrogens with one attached hydrogen (secondary N) is 2. The van der Waals surface area contributed by atoms with E-state index in [4.69, 9.17) is 0 Å². The number of piperidine rings is 2. The zero-order valence-electron chi connectivity index (χ0n) is 20.7. The molecule has 0 radical (unpaired) electrons. The molecule has 0 spiro atoms. The van der Waals surface area contributed by atoms with Gasteiger partial charge in [0.05, 0.1) is 11.9 Å². The number of alkyl halides is 3. The molecular formula is C25H30F4N6O2. The highest BCUT2D eigenvalue weighted by atomic mass is 19.4. The number of rotatable bonds is 4. The summed E-state index contributed by atoms with van der Waals surface area (Å²) in [6.45, 7) is 1.90. The van der Waals surface area contributed by atoms with Gasteiger partial charge in [-0.2, -0.15) is 18.3 Å². The molecule has 0 unspecified atom stereocenters. The van der Waals surface area contributed by atoms with E-state index in [9.17, 15) is 27.2 Å². The van der Waals surface area contributed by atoms with Crippen molar-refractivity contribution in [2.45, 2.75) is 75.8 Å². The molecule has 2 aromatic heterocycles. The fourth-order valence-corrected chi connectivity index (χ4v) is 6.17. The SMILES string of the molecule is Cc1cc(-c2cc(C(=O)N3[C@@H]4CC[C@H]3C[C@H](C(=O)N[C@H]3CC[C@H](C(F)(F)F)N(C)C3)C4)n[nH]2)c(F)cn1. The summed E-state index contributed by atoms with van der Waals surface area (Å²) < 4.78 is 53.6. The van der Waals surface area contributed by atoms with Gasteiger partial charge in [0.25, 0.3) is 5.91 Å². The molecule has 2 bridgehead atoms. The van der Waals surface area contributed by atoms with Gasteiger partial charge in [-0.05, 0) is 64.6 Å². The Bertz CT molecular complexity index is 1170. The number of amides is 2. The molecule has 5 rings (SSSR count). The van der Waals surface area contributed by atoms with Crippen molar-refractivity contribution in [3.8, 4) is 11.3 Å². The third kappa shape index (κ3) is 5.07. The van der Waals surface area contributed by atoms with Gasteiger partial charge in [-0.15, -0.1) is 0 Å². The average Bonchev–Trinajstić information content (AvgIpc) is 3.42. The van der Waals surface area contributed by atoms with Gasteiger partial charge in [0.1, 0.15) is 6.04 Å². The summed E-state index contributed by atoms with van der Waals surface area (Å²) in [6.07, 6.45) is -0.369. The van der Waals surface area contributed by atoms with Crippen LogP contribution in [-0.4, -0.2) is 80.7 Å². The summed E-state index contributed by atoms with van der Waals surface area (Å²) in [5.41, 5.74) is 1.50. The number of pyridine rings is 1. The highest BCUT2D eigenvalue weighted by Crippen LogP contribution is 2.40. The number of aryl methyl sites for hydroxylation is 1. The number of carbonyl (C=O) groups excluding carboxylic acids is 2. The number of likely N-dealkylation sites (tertiary alicyclic amines) is 1. The van der Waals surface area contributed by atoms with Crippen LogP contribution in [0.25, 0.3) is 11.3 Å². The van der Waals surface area contributed by atoms with E-state index in [-0.39, 0.29) is 66.5 Å². The number of hydrogen-bond donors (Lipinski definition) is 2. The first kappa shape index (κ1) is 25.6. The van der Waals surface area contributed by atoms with Crippen LogP contribution < -0.4 is 5.32 Å². The lowest BCUT2D eigenvalue weighted by molar-refractivity contribution is -0.188. The first-order valence-electron chi connectivity index (χ1n) is 12.6. The van der Waals surface area contributed by atoms with Gasteiger partial charge >= 0.3 is 6.18 Å². The van der Waals surface area contributed by atoms with Crippen molar-refractivity contribution in [3.05, 3.63) is 35.5 Å². The van der Waals surface area contributed by atoms with E-state index >= 15 is 0 Å². The van der Waals surface area contributed by atoms with E-state index in [1.54, 1.807) is 17.9 Å². The number of aromatic nitrogens is 3. The van der Waals surface area contributed by atoms with Crippen LogP contribution in [0.1, 0.15) is 54.7 Å². The summed E-state index contributed by atoms with van der Waals surface area (Å²) in [4.78, 5) is 33.3. The molecule has 5 heterocycles. The molecule has 3 aliphatic rings. The standard InChI is InChI=1S/C25H30F4N6O2/c1-13-7-18(19(26)11-30-13)20-10-21(33-32-20)24(37)35-16-4-5-17(35)9-14(8-16)23(36)31-15-3-6-22(25(27,28)29)34(2)12-15/h7,10-11,14-17,22H,3-6,8-9,12H2,1-2H3,(H,31,36)(H,32,33)/t14-,15-,16-,17+,22+/m0/s1. The van der Waals surface area contributed by atoms with Crippen molar-refractivity contribution in [2.24, 2.45) is 5.92 Å². The fraction of sp³-hybridized carbons (Fsp3) is 0.600. The number of hydrogen-bond acceptors (Lipinski definition) is 5. The third-order valence-electron chi connectivity index (χ3n) is 7.97. The first-order valence-corrected chi connectivity index (χ1v) is 12.6. The van der Waals surface area contributed by atoms with E-state index in [1.807, 2.05) is 0 Å². The van der Waals surface area contributed by atoms with Crippen LogP contribution in [0.2, 0.25) is 0 Å². The number of carbonyl (C=O) groups is 2. The Labute approximate surface area is 211 Å². The van der Waals surface area contributed by atoms with Gasteiger partial charge in [0.2, 0.25) is 5.91 Å². The molecule has 8 nitrogen and oxygen atoms in total. The molecular weight excluding hydrogens is 492 g/mol. The van der Waals surface area contributed by atoms with Crippen molar-refractivity contribution >= 4 is 11.8 Å². The van der Waals surface area contributed by atoms with Crippen LogP contribution in [0.15, 0.2) is 18.3 Å².